The number of carbonyl (C=O) groups excluding carboxylic acids is 1. The van der Waals surface area contributed by atoms with Crippen LogP contribution in [0.2, 0.25) is 0 Å². The summed E-state index contributed by atoms with van der Waals surface area (Å²) >= 11 is 14.9. The lowest BCUT2D eigenvalue weighted by Gasteiger charge is -2.04. The molecule has 0 fully saturated rings. The van der Waals surface area contributed by atoms with Crippen LogP contribution >= 0.6 is 106 Å². The molecule has 0 aliphatic rings. The van der Waals surface area contributed by atoms with Gasteiger partial charge in [-0.25, -0.2) is 8.42 Å². The van der Waals surface area contributed by atoms with Crippen molar-refractivity contribution in [3.05, 3.63) is 413 Å². The molecule has 0 amide bonds. The van der Waals surface area contributed by atoms with Gasteiger partial charge in [0.1, 0.15) is 16.0 Å². The van der Waals surface area contributed by atoms with Crippen molar-refractivity contribution >= 4 is 121 Å². The summed E-state index contributed by atoms with van der Waals surface area (Å²) in [4.78, 5) is 13.9. The summed E-state index contributed by atoms with van der Waals surface area (Å²) in [7, 11) is -3.05. The molecule has 0 spiro atoms. The number of hydrogen-bond donors (Lipinski definition) is 0. The molecular weight excluding hydrogens is 1650 g/mol. The van der Waals surface area contributed by atoms with Crippen molar-refractivity contribution < 1.29 is 17.9 Å². The normalized spacial score (nSPS) is 7.90. The summed E-state index contributed by atoms with van der Waals surface area (Å²) in [5, 5.41) is 0.244. The van der Waals surface area contributed by atoms with Crippen molar-refractivity contribution in [3.8, 4) is 0 Å². The maximum atomic E-state index is 11.9. The standard InChI is InChI=1S/C14H14O2S3.C14H14OS2.8C6H6.C3H6O.5C2H6S.8C2H6/c15-19(16,11-17-13-7-3-1-4-8-13)12-18-14-9-5-2-6-10-14;1-3-7-13(8-4-1)16-11-15-12-17-14-9-5-2-6-10-14;8*1-2-4-6-5-3-1;1-3(2)4;5*1-3-2;8*1-2/h1-10H,11-12H2;1-10H,11-12H2;8*1-6H;1-2H3;5*1-2H3;8*1-2H3. The second-order valence-corrected chi connectivity index (χ2v) is 30.4. The lowest BCUT2D eigenvalue weighted by atomic mass is 10.4. The fourth-order valence-electron chi connectivity index (χ4n) is 5.75. The molecule has 0 saturated heterocycles. The first-order valence-corrected chi connectivity index (χ1v) is 54.3. The average molecular weight is 1810 g/mol. The number of benzene rings is 12. The Bertz CT molecular complexity index is 2740. The highest BCUT2D eigenvalue weighted by atomic mass is 32.3. The minimum Gasteiger partial charge on any atom is -0.360 e. The van der Waals surface area contributed by atoms with Crippen LogP contribution in [0.3, 0.4) is 0 Å². The van der Waals surface area contributed by atoms with E-state index in [1.54, 1.807) is 82.3 Å². The Labute approximate surface area is 773 Å². The predicted octanol–water partition coefficient (Wildman–Crippen LogP) is 35.6. The van der Waals surface area contributed by atoms with E-state index in [-0.39, 0.29) is 16.0 Å². The molecule has 119 heavy (non-hydrogen) atoms. The molecule has 12 rings (SSSR count). The van der Waals surface area contributed by atoms with E-state index in [0.29, 0.717) is 11.9 Å². The second kappa shape index (κ2) is 146. The van der Waals surface area contributed by atoms with Crippen LogP contribution in [0.4, 0.5) is 0 Å². The number of Topliss-reactive ketones (excluding diaryl/α,β-unsaturated/α-hetero) is 1. The fourth-order valence-corrected chi connectivity index (χ4v) is 11.3. The first-order chi connectivity index (χ1) is 58.4. The lowest BCUT2D eigenvalue weighted by Crippen LogP contribution is -2.05. The van der Waals surface area contributed by atoms with Gasteiger partial charge < -0.3 is 9.53 Å². The Morgan fingerprint density at radius 2 is 0.286 bits per heavy atom. The van der Waals surface area contributed by atoms with Gasteiger partial charge in [0.25, 0.3) is 0 Å². The largest absolute Gasteiger partial charge is 0.360 e. The number of hydrogen-bond acceptors (Lipinski definition) is 13. The van der Waals surface area contributed by atoms with Gasteiger partial charge >= 0.3 is 0 Å². The van der Waals surface area contributed by atoms with Gasteiger partial charge in [0.15, 0.2) is 9.84 Å². The van der Waals surface area contributed by atoms with Crippen LogP contribution < -0.4 is 0 Å². The highest BCUT2D eigenvalue weighted by molar-refractivity contribution is 8.19. The summed E-state index contributed by atoms with van der Waals surface area (Å²) in [6.45, 7) is 35.1. The Hall–Kier alpha value is -6.63. The zero-order valence-corrected chi connectivity index (χ0v) is 86.5. The van der Waals surface area contributed by atoms with Gasteiger partial charge in [-0.15, -0.1) is 23.5 Å². The topological polar surface area (TPSA) is 60.4 Å². The molecule has 14 heteroatoms. The van der Waals surface area contributed by atoms with Crippen LogP contribution in [0.25, 0.3) is 0 Å². The van der Waals surface area contributed by atoms with Gasteiger partial charge in [-0.05, 0) is 125 Å². The smallest absolute Gasteiger partial charge is 0.169 e. The first kappa shape index (κ1) is 138. The second-order valence-electron chi connectivity index (χ2n) is 19.4. The van der Waals surface area contributed by atoms with Crippen LogP contribution in [-0.2, 0) is 19.4 Å². The van der Waals surface area contributed by atoms with E-state index in [1.807, 2.05) is 562 Å². The van der Waals surface area contributed by atoms with E-state index in [1.165, 1.54) is 47.2 Å². The minimum absolute atomic E-state index is 0.122. The van der Waals surface area contributed by atoms with Crippen molar-refractivity contribution in [1.29, 1.82) is 0 Å². The van der Waals surface area contributed by atoms with Gasteiger partial charge in [0, 0.05) is 19.6 Å². The summed E-state index contributed by atoms with van der Waals surface area (Å²) in [6.07, 6.45) is 20.4. The molecule has 0 unspecified atom stereocenters. The summed E-state index contributed by atoms with van der Waals surface area (Å²) in [5.74, 6) is 1.56. The van der Waals surface area contributed by atoms with Gasteiger partial charge in [-0.3, -0.25) is 0 Å². The van der Waals surface area contributed by atoms with Crippen molar-refractivity contribution in [1.82, 2.24) is 0 Å². The average Bonchev–Trinajstić information content (AvgIpc) is 0.897. The maximum absolute atomic E-state index is 11.9. The molecule has 0 radical (unpaired) electrons. The van der Waals surface area contributed by atoms with E-state index < -0.39 is 9.84 Å². The third-order valence-electron chi connectivity index (χ3n) is 9.73. The summed E-state index contributed by atoms with van der Waals surface area (Å²) < 4.78 is 29.4. The van der Waals surface area contributed by atoms with E-state index in [0.717, 1.165) is 9.79 Å². The monoisotopic (exact) mass is 1800 g/mol. The molecule has 664 valence electrons. The van der Waals surface area contributed by atoms with Crippen LogP contribution in [-0.4, -0.2) is 98.8 Å². The third kappa shape index (κ3) is 153. The molecule has 0 saturated carbocycles. The molecule has 0 bridgehead atoms. The first-order valence-electron chi connectivity index (χ1n) is 40.4. The Morgan fingerprint density at radius 3 is 0.387 bits per heavy atom. The molecule has 0 aliphatic carbocycles. The predicted molar refractivity (Wildman–Crippen MR) is 575 cm³/mol. The number of sulfone groups is 1. The lowest BCUT2D eigenvalue weighted by molar-refractivity contribution is -0.115. The summed E-state index contributed by atoms with van der Waals surface area (Å²) in [6, 6.07) is 136. The molecule has 0 heterocycles. The van der Waals surface area contributed by atoms with Gasteiger partial charge in [-0.1, -0.05) is 498 Å². The highest BCUT2D eigenvalue weighted by Crippen LogP contribution is 2.25. The molecule has 0 aliphatic heterocycles. The number of carbonyl (C=O) groups is 1. The number of ketones is 1. The zero-order chi connectivity index (χ0) is 92.4. The van der Waals surface area contributed by atoms with Gasteiger partial charge in [0.2, 0.25) is 0 Å². The van der Waals surface area contributed by atoms with E-state index in [4.69, 9.17) is 4.74 Å². The molecule has 12 aromatic rings. The van der Waals surface area contributed by atoms with Crippen LogP contribution in [0.15, 0.2) is 432 Å². The quantitative estimate of drug-likeness (QED) is 0.0664. The maximum Gasteiger partial charge on any atom is 0.169 e. The number of ether oxygens (including phenoxy) is 1. The van der Waals surface area contributed by atoms with Crippen molar-refractivity contribution in [3.63, 3.8) is 0 Å². The van der Waals surface area contributed by atoms with Crippen LogP contribution in [0.5, 0.6) is 0 Å². The van der Waals surface area contributed by atoms with Gasteiger partial charge in [-0.2, -0.15) is 58.8 Å². The van der Waals surface area contributed by atoms with E-state index >= 15 is 0 Å². The van der Waals surface area contributed by atoms with E-state index in [2.05, 4.69) is 24.3 Å². The molecule has 0 N–H and O–H groups in total. The molecule has 0 aromatic heterocycles. The zero-order valence-electron chi connectivity index (χ0n) is 78.3. The Morgan fingerprint density at radius 1 is 0.202 bits per heavy atom. The summed E-state index contributed by atoms with van der Waals surface area (Å²) in [5.41, 5.74) is 0. The minimum atomic E-state index is -3.05. The van der Waals surface area contributed by atoms with E-state index in [9.17, 15) is 13.2 Å². The van der Waals surface area contributed by atoms with Crippen molar-refractivity contribution in [2.75, 3.05) is 84.6 Å². The highest BCUT2D eigenvalue weighted by Gasteiger charge is 2.12. The van der Waals surface area contributed by atoms with Crippen LogP contribution in [0, 0.1) is 0 Å². The third-order valence-corrected chi connectivity index (χ3v) is 16.5. The molecule has 0 atom stereocenters. The Kier molecular flexibility index (Phi) is 170. The fraction of sp³-hybridized carbons (Fsp3) is 0.305. The van der Waals surface area contributed by atoms with Crippen molar-refractivity contribution in [2.24, 2.45) is 0 Å². The number of rotatable bonds is 12. The van der Waals surface area contributed by atoms with Crippen molar-refractivity contribution in [2.45, 2.75) is 144 Å². The van der Waals surface area contributed by atoms with Gasteiger partial charge in [0.05, 0.1) is 11.9 Å². The van der Waals surface area contributed by atoms with Crippen LogP contribution in [0.1, 0.15) is 125 Å². The Balaban J connectivity index is -0.000000105. The molecular formula is C105H160O4S10. The molecule has 4 nitrogen and oxygen atoms in total. The number of thioether (sulfide) groups is 9. The molecule has 12 aromatic carbocycles. The SMILES string of the molecule is CC.CC.CC.CC.CC.CC.CC.CC.CC(C)=O.CSC.CSC.CSC.CSC.CSC.O=S(=O)(CSc1ccccc1)CSc1ccccc1.c1ccc(SCOCSc2ccccc2)cc1.c1ccccc1.c1ccccc1.c1ccccc1.c1ccccc1.c1ccccc1.c1ccccc1.c1ccccc1.c1ccccc1.